The lowest BCUT2D eigenvalue weighted by atomic mass is 9.98. The monoisotopic (exact) mass is 297 g/mol. The highest BCUT2D eigenvalue weighted by Crippen LogP contribution is 2.35. The molecule has 0 bridgehead atoms. The van der Waals surface area contributed by atoms with Gasteiger partial charge in [0.05, 0.1) is 12.6 Å². The van der Waals surface area contributed by atoms with E-state index in [-0.39, 0.29) is 6.04 Å². The average Bonchev–Trinajstić information content (AvgIpc) is 2.96. The molecule has 21 heavy (non-hydrogen) atoms. The van der Waals surface area contributed by atoms with Crippen molar-refractivity contribution in [1.29, 1.82) is 0 Å². The Morgan fingerprint density at radius 2 is 1.81 bits per heavy atom. The van der Waals surface area contributed by atoms with Gasteiger partial charge in [-0.05, 0) is 34.9 Å². The quantitative estimate of drug-likeness (QED) is 0.738. The molecule has 3 rings (SSSR count). The Kier molecular flexibility index (Phi) is 4.23. The Hall–Kier alpha value is -1.84. The van der Waals surface area contributed by atoms with E-state index in [4.69, 9.17) is 10.5 Å². The molecule has 1 atom stereocenters. The molecule has 3 aromatic rings. The van der Waals surface area contributed by atoms with Gasteiger partial charge in [-0.3, -0.25) is 0 Å². The lowest BCUT2D eigenvalue weighted by molar-refractivity contribution is 0.313. The van der Waals surface area contributed by atoms with Crippen LogP contribution in [0.5, 0.6) is 5.75 Å². The highest BCUT2D eigenvalue weighted by molar-refractivity contribution is 7.17. The molecule has 1 unspecified atom stereocenters. The third-order valence-electron chi connectivity index (χ3n) is 3.56. The van der Waals surface area contributed by atoms with Crippen molar-refractivity contribution in [3.63, 3.8) is 0 Å². The normalized spacial score (nSPS) is 12.5. The first-order valence-electron chi connectivity index (χ1n) is 7.24. The van der Waals surface area contributed by atoms with Gasteiger partial charge in [0.15, 0.2) is 0 Å². The van der Waals surface area contributed by atoms with Crippen molar-refractivity contribution in [3.05, 3.63) is 65.0 Å². The molecule has 0 radical (unpaired) electrons. The van der Waals surface area contributed by atoms with E-state index in [0.717, 1.165) is 17.7 Å². The van der Waals surface area contributed by atoms with Gasteiger partial charge in [0.1, 0.15) is 5.75 Å². The molecule has 2 nitrogen and oxygen atoms in total. The Morgan fingerprint density at radius 1 is 1.05 bits per heavy atom. The van der Waals surface area contributed by atoms with Crippen molar-refractivity contribution in [2.75, 3.05) is 6.61 Å². The molecule has 1 heterocycles. The van der Waals surface area contributed by atoms with Crippen LogP contribution in [0.3, 0.4) is 0 Å². The van der Waals surface area contributed by atoms with Crippen molar-refractivity contribution in [1.82, 2.24) is 0 Å². The van der Waals surface area contributed by atoms with Crippen molar-refractivity contribution >= 4 is 21.4 Å². The minimum absolute atomic E-state index is 0.158. The summed E-state index contributed by atoms with van der Waals surface area (Å²) in [5, 5.41) is 3.40. The average molecular weight is 297 g/mol. The molecule has 0 saturated heterocycles. The van der Waals surface area contributed by atoms with Crippen molar-refractivity contribution in [3.8, 4) is 5.75 Å². The van der Waals surface area contributed by atoms with E-state index in [1.165, 1.54) is 15.6 Å². The van der Waals surface area contributed by atoms with E-state index in [2.05, 4.69) is 42.6 Å². The maximum absolute atomic E-state index is 6.53. The Morgan fingerprint density at radius 3 is 2.67 bits per heavy atom. The van der Waals surface area contributed by atoms with Crippen molar-refractivity contribution in [2.45, 2.75) is 19.4 Å². The highest BCUT2D eigenvalue weighted by Gasteiger charge is 2.17. The molecule has 0 fully saturated rings. The molecular weight excluding hydrogens is 278 g/mol. The van der Waals surface area contributed by atoms with Crippen LogP contribution in [0.25, 0.3) is 10.1 Å². The van der Waals surface area contributed by atoms with Crippen LogP contribution in [0, 0.1) is 0 Å². The van der Waals surface area contributed by atoms with E-state index >= 15 is 0 Å². The lowest BCUT2D eigenvalue weighted by Gasteiger charge is -2.16. The molecule has 0 amide bonds. The molecule has 0 spiro atoms. The second-order valence-corrected chi connectivity index (χ2v) is 5.96. The van der Waals surface area contributed by atoms with Crippen LogP contribution in [0.4, 0.5) is 0 Å². The van der Waals surface area contributed by atoms with Crippen LogP contribution >= 0.6 is 11.3 Å². The number of benzene rings is 2. The molecule has 2 N–H and O–H groups in total. The second-order valence-electron chi connectivity index (χ2n) is 5.05. The van der Waals surface area contributed by atoms with Crippen LogP contribution in [0.2, 0.25) is 0 Å². The van der Waals surface area contributed by atoms with E-state index in [9.17, 15) is 0 Å². The van der Waals surface area contributed by atoms with E-state index < -0.39 is 0 Å². The molecular formula is C18H19NOS. The first-order valence-corrected chi connectivity index (χ1v) is 8.12. The van der Waals surface area contributed by atoms with Crippen molar-refractivity contribution < 1.29 is 4.74 Å². The molecule has 108 valence electrons. The third-order valence-corrected chi connectivity index (χ3v) is 4.54. The number of hydrogen-bond donors (Lipinski definition) is 1. The standard InChI is InChI=1S/C18H19NOS/c1-2-11-20-16-9-5-3-8-14(16)18(19)15-12-21-17-10-6-4-7-13(15)17/h3-10,12,18H,2,11,19H2,1H3. The van der Waals surface area contributed by atoms with Gasteiger partial charge >= 0.3 is 0 Å². The van der Waals surface area contributed by atoms with Crippen LogP contribution in [0.1, 0.15) is 30.5 Å². The van der Waals surface area contributed by atoms with Gasteiger partial charge in [0.25, 0.3) is 0 Å². The van der Waals surface area contributed by atoms with Crippen LogP contribution in [-0.2, 0) is 0 Å². The van der Waals surface area contributed by atoms with E-state index in [0.29, 0.717) is 6.61 Å². The van der Waals surface area contributed by atoms with E-state index in [1.54, 1.807) is 11.3 Å². The number of hydrogen-bond acceptors (Lipinski definition) is 3. The van der Waals surface area contributed by atoms with Gasteiger partial charge in [-0.2, -0.15) is 0 Å². The largest absolute Gasteiger partial charge is 0.493 e. The Balaban J connectivity index is 2.00. The predicted molar refractivity (Wildman–Crippen MR) is 90.1 cm³/mol. The van der Waals surface area contributed by atoms with Gasteiger partial charge in [-0.15, -0.1) is 11.3 Å². The zero-order valence-electron chi connectivity index (χ0n) is 12.1. The number of para-hydroxylation sites is 1. The topological polar surface area (TPSA) is 35.2 Å². The zero-order chi connectivity index (χ0) is 14.7. The summed E-state index contributed by atoms with van der Waals surface area (Å²) in [4.78, 5) is 0. The first-order chi connectivity index (χ1) is 10.3. The van der Waals surface area contributed by atoms with Crippen molar-refractivity contribution in [2.24, 2.45) is 5.73 Å². The Bertz CT molecular complexity index is 735. The number of rotatable bonds is 5. The molecule has 0 aliphatic heterocycles. The third kappa shape index (κ3) is 2.80. The van der Waals surface area contributed by atoms with Gasteiger partial charge in [0, 0.05) is 10.3 Å². The van der Waals surface area contributed by atoms with Gasteiger partial charge in [0.2, 0.25) is 0 Å². The fourth-order valence-corrected chi connectivity index (χ4v) is 3.49. The number of ether oxygens (including phenoxy) is 1. The summed E-state index contributed by atoms with van der Waals surface area (Å²) in [6.07, 6.45) is 0.991. The molecule has 0 aliphatic carbocycles. The number of thiophene rings is 1. The fraction of sp³-hybridized carbons (Fsp3) is 0.222. The SMILES string of the molecule is CCCOc1ccccc1C(N)c1csc2ccccc12. The molecule has 0 aliphatic rings. The van der Waals surface area contributed by atoms with Crippen LogP contribution in [0.15, 0.2) is 53.9 Å². The zero-order valence-corrected chi connectivity index (χ0v) is 12.9. The van der Waals surface area contributed by atoms with Gasteiger partial charge in [-0.25, -0.2) is 0 Å². The summed E-state index contributed by atoms with van der Waals surface area (Å²) in [6, 6.07) is 16.3. The molecule has 2 aromatic carbocycles. The summed E-state index contributed by atoms with van der Waals surface area (Å²) >= 11 is 1.74. The molecule has 3 heteroatoms. The Labute approximate surface area is 129 Å². The first kappa shape index (κ1) is 14.1. The highest BCUT2D eigenvalue weighted by atomic mass is 32.1. The summed E-state index contributed by atoms with van der Waals surface area (Å²) in [5.74, 6) is 0.891. The minimum Gasteiger partial charge on any atom is -0.493 e. The van der Waals surface area contributed by atoms with E-state index in [1.807, 2.05) is 18.2 Å². The number of fused-ring (bicyclic) bond motifs is 1. The van der Waals surface area contributed by atoms with Gasteiger partial charge < -0.3 is 10.5 Å². The number of nitrogens with two attached hydrogens (primary N) is 1. The molecule has 0 saturated carbocycles. The fourth-order valence-electron chi connectivity index (χ4n) is 2.49. The smallest absolute Gasteiger partial charge is 0.124 e. The van der Waals surface area contributed by atoms with Crippen LogP contribution in [-0.4, -0.2) is 6.61 Å². The second kappa shape index (κ2) is 6.29. The maximum Gasteiger partial charge on any atom is 0.124 e. The van der Waals surface area contributed by atoms with Crippen LogP contribution < -0.4 is 10.5 Å². The summed E-state index contributed by atoms with van der Waals surface area (Å²) in [7, 11) is 0. The minimum atomic E-state index is -0.158. The predicted octanol–water partition coefficient (Wildman–Crippen LogP) is 4.74. The van der Waals surface area contributed by atoms with Gasteiger partial charge in [-0.1, -0.05) is 43.3 Å². The molecule has 1 aromatic heterocycles. The maximum atomic E-state index is 6.53. The summed E-state index contributed by atoms with van der Waals surface area (Å²) in [6.45, 7) is 2.82. The lowest BCUT2D eigenvalue weighted by Crippen LogP contribution is -2.13. The summed E-state index contributed by atoms with van der Waals surface area (Å²) in [5.41, 5.74) is 8.75. The summed E-state index contributed by atoms with van der Waals surface area (Å²) < 4.78 is 7.11.